The lowest BCUT2D eigenvalue weighted by atomic mass is 9.79. The van der Waals surface area contributed by atoms with E-state index in [4.69, 9.17) is 4.74 Å². The summed E-state index contributed by atoms with van der Waals surface area (Å²) < 4.78 is 5.81. The van der Waals surface area contributed by atoms with Crippen LogP contribution in [0.1, 0.15) is 39.2 Å². The summed E-state index contributed by atoms with van der Waals surface area (Å²) in [4.78, 5) is 2.00. The quantitative estimate of drug-likeness (QED) is 0.843. The monoisotopic (exact) mass is 305 g/mol. The number of piperidine rings is 1. The van der Waals surface area contributed by atoms with Crippen LogP contribution in [0.15, 0.2) is 36.7 Å². The molecule has 2 N–H and O–H groups in total. The summed E-state index contributed by atoms with van der Waals surface area (Å²) in [6, 6.07) is 7.16. The topological polar surface area (TPSA) is 52.9 Å². The fraction of sp³-hybridized carbons (Fsp3) is 0.556. The maximum Gasteiger partial charge on any atom is 0.182 e. The number of nitrogens with zero attached hydrogens (tertiary/aromatic N) is 1. The van der Waals surface area contributed by atoms with E-state index in [9.17, 15) is 10.2 Å². The molecule has 122 valence electrons. The van der Waals surface area contributed by atoms with Crippen molar-refractivity contribution in [2.45, 2.75) is 45.3 Å². The number of hydrogen-bond donors (Lipinski definition) is 2. The second-order valence-electron chi connectivity index (χ2n) is 7.18. The van der Waals surface area contributed by atoms with Gasteiger partial charge >= 0.3 is 0 Å². The molecule has 4 heteroatoms. The highest BCUT2D eigenvalue weighted by Gasteiger charge is 2.36. The number of phenolic OH excluding ortho intramolecular Hbond substituents is 1. The number of ether oxygens (including phenoxy) is 1. The first kappa shape index (κ1) is 16.7. The van der Waals surface area contributed by atoms with Gasteiger partial charge in [0, 0.05) is 19.0 Å². The average Bonchev–Trinajstić information content (AvgIpc) is 2.35. The zero-order valence-electron chi connectivity index (χ0n) is 13.9. The van der Waals surface area contributed by atoms with Crippen LogP contribution >= 0.6 is 0 Å². The minimum Gasteiger partial charge on any atom is -0.508 e. The van der Waals surface area contributed by atoms with Crippen molar-refractivity contribution in [2.75, 3.05) is 13.1 Å². The Kier molecular flexibility index (Phi) is 4.71. The number of hydrogen-bond acceptors (Lipinski definition) is 4. The van der Waals surface area contributed by atoms with Gasteiger partial charge in [0.15, 0.2) is 5.88 Å². The molecule has 2 unspecified atom stereocenters. The summed E-state index contributed by atoms with van der Waals surface area (Å²) in [5, 5.41) is 20.2. The van der Waals surface area contributed by atoms with Crippen LogP contribution in [0.25, 0.3) is 0 Å². The highest BCUT2D eigenvalue weighted by Crippen LogP contribution is 2.35. The lowest BCUT2D eigenvalue weighted by Crippen LogP contribution is -2.47. The smallest absolute Gasteiger partial charge is 0.182 e. The van der Waals surface area contributed by atoms with Crippen LogP contribution in [0, 0.1) is 5.92 Å². The highest BCUT2D eigenvalue weighted by atomic mass is 16.5. The van der Waals surface area contributed by atoms with E-state index in [1.165, 1.54) is 0 Å². The Bertz CT molecular complexity index is 523. The predicted molar refractivity (Wildman–Crippen MR) is 87.6 cm³/mol. The molecular formula is C18H27NO3. The number of likely N-dealkylation sites (tertiary alicyclic amines) is 1. The van der Waals surface area contributed by atoms with Gasteiger partial charge in [-0.05, 0) is 51.0 Å². The van der Waals surface area contributed by atoms with Gasteiger partial charge in [0.2, 0.25) is 0 Å². The Hall–Kier alpha value is -1.68. The van der Waals surface area contributed by atoms with Gasteiger partial charge in [-0.1, -0.05) is 19.1 Å². The first-order valence-electron chi connectivity index (χ1n) is 7.77. The van der Waals surface area contributed by atoms with Gasteiger partial charge in [0.1, 0.15) is 11.4 Å². The highest BCUT2D eigenvalue weighted by molar-refractivity contribution is 5.31. The summed E-state index contributed by atoms with van der Waals surface area (Å²) in [6.45, 7) is 13.3. The first-order valence-corrected chi connectivity index (χ1v) is 7.77. The van der Waals surface area contributed by atoms with Crippen LogP contribution in [-0.2, 0) is 4.74 Å². The fourth-order valence-corrected chi connectivity index (χ4v) is 3.16. The van der Waals surface area contributed by atoms with Crippen LogP contribution in [-0.4, -0.2) is 39.9 Å². The zero-order valence-corrected chi connectivity index (χ0v) is 13.9. The maximum absolute atomic E-state index is 10.6. The molecule has 0 aliphatic carbocycles. The molecule has 1 aromatic rings. The van der Waals surface area contributed by atoms with Crippen molar-refractivity contribution in [1.29, 1.82) is 0 Å². The van der Waals surface area contributed by atoms with E-state index in [1.807, 2.05) is 37.8 Å². The molecule has 0 radical (unpaired) electrons. The second kappa shape index (κ2) is 6.21. The summed E-state index contributed by atoms with van der Waals surface area (Å²) in [5.74, 6) is 1.07. The number of aromatic hydroxyl groups is 1. The average molecular weight is 305 g/mol. The summed E-state index contributed by atoms with van der Waals surface area (Å²) in [7, 11) is 0. The van der Waals surface area contributed by atoms with Gasteiger partial charge in [0.25, 0.3) is 0 Å². The van der Waals surface area contributed by atoms with E-state index >= 15 is 0 Å². The lowest BCUT2D eigenvalue weighted by molar-refractivity contribution is -0.0378. The number of aliphatic hydroxyl groups is 1. The fourth-order valence-electron chi connectivity index (χ4n) is 3.16. The Morgan fingerprint density at radius 3 is 2.55 bits per heavy atom. The Balaban J connectivity index is 2.11. The molecule has 3 atom stereocenters. The lowest BCUT2D eigenvalue weighted by Gasteiger charge is -2.43. The molecular weight excluding hydrogens is 278 g/mol. The third-order valence-electron chi connectivity index (χ3n) is 3.98. The van der Waals surface area contributed by atoms with E-state index in [2.05, 4.69) is 13.5 Å². The van der Waals surface area contributed by atoms with E-state index in [-0.39, 0.29) is 23.2 Å². The number of rotatable bonds is 3. The third kappa shape index (κ3) is 3.95. The van der Waals surface area contributed by atoms with Crippen LogP contribution in [0.4, 0.5) is 0 Å². The van der Waals surface area contributed by atoms with Gasteiger partial charge in [-0.3, -0.25) is 0 Å². The van der Waals surface area contributed by atoms with E-state index < -0.39 is 6.10 Å². The normalized spacial score (nSPS) is 25.9. The second-order valence-corrected chi connectivity index (χ2v) is 7.18. The Labute approximate surface area is 133 Å². The van der Waals surface area contributed by atoms with Gasteiger partial charge in [0.05, 0.1) is 6.10 Å². The molecule has 1 fully saturated rings. The molecule has 0 aromatic heterocycles. The predicted octanol–water partition coefficient (Wildman–Crippen LogP) is 3.07. The SMILES string of the molecule is C=C(OC(C)(C)C)N1CC(C)[C@@H](c2cccc(O)c2)C(O)C1. The summed E-state index contributed by atoms with van der Waals surface area (Å²) >= 11 is 0. The minimum absolute atomic E-state index is 0.00536. The van der Waals surface area contributed by atoms with Gasteiger partial charge in [-0.2, -0.15) is 0 Å². The minimum atomic E-state index is -0.522. The first-order chi connectivity index (χ1) is 10.2. The molecule has 22 heavy (non-hydrogen) atoms. The number of benzene rings is 1. The maximum atomic E-state index is 10.6. The zero-order chi connectivity index (χ0) is 16.5. The molecule has 0 amide bonds. The Morgan fingerprint density at radius 2 is 2.00 bits per heavy atom. The number of aliphatic hydroxyl groups excluding tert-OH is 1. The molecule has 0 spiro atoms. The van der Waals surface area contributed by atoms with Crippen molar-refractivity contribution in [2.24, 2.45) is 5.92 Å². The van der Waals surface area contributed by atoms with Crippen LogP contribution in [0.2, 0.25) is 0 Å². The number of phenols is 1. The van der Waals surface area contributed by atoms with E-state index in [1.54, 1.807) is 12.1 Å². The largest absolute Gasteiger partial charge is 0.508 e. The van der Waals surface area contributed by atoms with Gasteiger partial charge in [-0.25, -0.2) is 0 Å². The van der Waals surface area contributed by atoms with Crippen molar-refractivity contribution >= 4 is 0 Å². The molecule has 2 rings (SSSR count). The molecule has 4 nitrogen and oxygen atoms in total. The molecule has 0 saturated carbocycles. The van der Waals surface area contributed by atoms with E-state index in [0.717, 1.165) is 12.1 Å². The number of β-amino-alcohol motifs (C(OH)–C–C–N with tert-alkyl or cyclic N) is 1. The molecule has 1 saturated heterocycles. The standard InChI is InChI=1S/C18H27NO3/c1-12-10-19(13(2)22-18(3,4)5)11-16(21)17(12)14-7-6-8-15(20)9-14/h6-9,12,16-17,20-21H,2,10-11H2,1,3-5H3/t12?,16?,17-/m0/s1. The van der Waals surface area contributed by atoms with Gasteiger partial charge in [-0.15, -0.1) is 0 Å². The molecule has 1 aliphatic rings. The third-order valence-corrected chi connectivity index (χ3v) is 3.98. The van der Waals surface area contributed by atoms with Crippen molar-refractivity contribution < 1.29 is 14.9 Å². The van der Waals surface area contributed by atoms with Crippen LogP contribution in [0.5, 0.6) is 5.75 Å². The Morgan fingerprint density at radius 1 is 1.32 bits per heavy atom. The molecule has 0 bridgehead atoms. The van der Waals surface area contributed by atoms with Crippen LogP contribution < -0.4 is 0 Å². The summed E-state index contributed by atoms with van der Waals surface area (Å²) in [5.41, 5.74) is 0.676. The van der Waals surface area contributed by atoms with Crippen LogP contribution in [0.3, 0.4) is 0 Å². The summed E-state index contributed by atoms with van der Waals surface area (Å²) in [6.07, 6.45) is -0.522. The van der Waals surface area contributed by atoms with Crippen molar-refractivity contribution in [3.8, 4) is 5.75 Å². The van der Waals surface area contributed by atoms with Crippen molar-refractivity contribution in [1.82, 2.24) is 4.90 Å². The molecule has 1 aromatic carbocycles. The van der Waals surface area contributed by atoms with Gasteiger partial charge < -0.3 is 19.8 Å². The molecule has 1 aliphatic heterocycles. The molecule has 1 heterocycles. The van der Waals surface area contributed by atoms with E-state index in [0.29, 0.717) is 12.4 Å². The van der Waals surface area contributed by atoms with Crippen molar-refractivity contribution in [3.63, 3.8) is 0 Å². The van der Waals surface area contributed by atoms with Crippen molar-refractivity contribution in [3.05, 3.63) is 42.3 Å².